The number of carbonyl (C=O) groups is 1. The number of amides is 1. The molecule has 0 aliphatic carbocycles. The quantitative estimate of drug-likeness (QED) is 0.250. The van der Waals surface area contributed by atoms with Crippen molar-refractivity contribution in [2.24, 2.45) is 4.99 Å². The monoisotopic (exact) mass is 588 g/mol. The van der Waals surface area contributed by atoms with Crippen LogP contribution in [0.2, 0.25) is 0 Å². The number of ether oxygens (including phenoxy) is 2. The third-order valence-electron chi connectivity index (χ3n) is 4.84. The number of nitrogens with zero attached hydrogens (tertiary/aromatic N) is 1. The molecule has 3 aromatic carbocycles. The lowest BCUT2D eigenvalue weighted by Gasteiger charge is -2.15. The Balaban J connectivity index is 1.54. The molecular weight excluding hydrogens is 566 g/mol. The van der Waals surface area contributed by atoms with Crippen LogP contribution in [0.1, 0.15) is 23.6 Å². The molecule has 3 aromatic rings. The van der Waals surface area contributed by atoms with Crippen LogP contribution in [0, 0.1) is 16.3 Å². The second-order valence-corrected chi connectivity index (χ2v) is 9.69. The van der Waals surface area contributed by atoms with Gasteiger partial charge in [-0.15, -0.1) is 0 Å². The molecule has 0 spiro atoms. The van der Waals surface area contributed by atoms with E-state index < -0.39 is 0 Å². The molecule has 1 aliphatic rings. The second-order valence-electron chi connectivity index (χ2n) is 7.50. The van der Waals surface area contributed by atoms with Gasteiger partial charge in [0.25, 0.3) is 5.91 Å². The van der Waals surface area contributed by atoms with Crippen LogP contribution < -0.4 is 14.8 Å². The van der Waals surface area contributed by atoms with Crippen molar-refractivity contribution in [1.29, 1.82) is 0 Å². The highest BCUT2D eigenvalue weighted by molar-refractivity contribution is 14.1. The number of aliphatic imine (C=N–C) groups is 1. The topological polar surface area (TPSA) is 59.9 Å². The molecule has 0 atom stereocenters. The van der Waals surface area contributed by atoms with E-state index in [1.54, 1.807) is 12.1 Å². The van der Waals surface area contributed by atoms with Crippen LogP contribution in [0.5, 0.6) is 11.5 Å². The maximum absolute atomic E-state index is 13.2. The third-order valence-corrected chi connectivity index (χ3v) is 6.55. The van der Waals surface area contributed by atoms with Gasteiger partial charge in [0.2, 0.25) is 0 Å². The van der Waals surface area contributed by atoms with E-state index in [1.807, 2.05) is 56.3 Å². The van der Waals surface area contributed by atoms with Gasteiger partial charge in [0.1, 0.15) is 12.4 Å². The highest BCUT2D eigenvalue weighted by Gasteiger charge is 2.24. The molecular formula is C26H22FIN2O3S. The normalized spacial score (nSPS) is 15.6. The van der Waals surface area contributed by atoms with E-state index >= 15 is 0 Å². The Morgan fingerprint density at radius 3 is 2.53 bits per heavy atom. The van der Waals surface area contributed by atoms with Crippen molar-refractivity contribution >= 4 is 57.2 Å². The van der Waals surface area contributed by atoms with E-state index in [1.165, 1.54) is 23.9 Å². The fourth-order valence-corrected chi connectivity index (χ4v) is 4.80. The average Bonchev–Trinajstić information content (AvgIpc) is 3.14. The van der Waals surface area contributed by atoms with Gasteiger partial charge in [-0.3, -0.25) is 4.79 Å². The summed E-state index contributed by atoms with van der Waals surface area (Å²) in [7, 11) is 0. The summed E-state index contributed by atoms with van der Waals surface area (Å²) < 4.78 is 25.8. The van der Waals surface area contributed by atoms with E-state index in [0.29, 0.717) is 28.2 Å². The summed E-state index contributed by atoms with van der Waals surface area (Å²) in [5.41, 5.74) is 3.60. The van der Waals surface area contributed by atoms with Crippen molar-refractivity contribution < 1.29 is 18.7 Å². The van der Waals surface area contributed by atoms with Crippen molar-refractivity contribution in [2.45, 2.75) is 20.5 Å². The lowest BCUT2D eigenvalue weighted by Crippen LogP contribution is -2.19. The highest BCUT2D eigenvalue weighted by Crippen LogP contribution is 2.37. The molecule has 174 valence electrons. The van der Waals surface area contributed by atoms with E-state index in [0.717, 1.165) is 25.9 Å². The van der Waals surface area contributed by atoms with Gasteiger partial charge in [0.05, 0.1) is 20.8 Å². The summed E-state index contributed by atoms with van der Waals surface area (Å²) in [6.45, 7) is 4.66. The first-order valence-electron chi connectivity index (χ1n) is 10.6. The van der Waals surface area contributed by atoms with Gasteiger partial charge in [-0.2, -0.15) is 0 Å². The van der Waals surface area contributed by atoms with Gasteiger partial charge in [-0.05, 0) is 102 Å². The first-order valence-corrected chi connectivity index (χ1v) is 12.5. The van der Waals surface area contributed by atoms with Crippen LogP contribution >= 0.6 is 34.4 Å². The van der Waals surface area contributed by atoms with Crippen LogP contribution in [-0.2, 0) is 11.4 Å². The summed E-state index contributed by atoms with van der Waals surface area (Å²) in [6, 6.07) is 17.8. The minimum absolute atomic E-state index is 0.194. The SMILES string of the molecule is CCOc1cc(/C=C2\SC(=Nc3ccc(C)cc3)NC2=O)cc(I)c1OCc1ccc(F)cc1. The van der Waals surface area contributed by atoms with Crippen molar-refractivity contribution in [3.8, 4) is 11.5 Å². The van der Waals surface area contributed by atoms with Crippen molar-refractivity contribution in [2.75, 3.05) is 6.61 Å². The van der Waals surface area contributed by atoms with Crippen LogP contribution in [-0.4, -0.2) is 17.7 Å². The summed E-state index contributed by atoms with van der Waals surface area (Å²) in [5.74, 6) is 0.714. The summed E-state index contributed by atoms with van der Waals surface area (Å²) in [4.78, 5) is 17.6. The number of halogens is 2. The predicted octanol–water partition coefficient (Wildman–Crippen LogP) is 6.61. The molecule has 1 N–H and O–H groups in total. The number of carbonyl (C=O) groups excluding carboxylic acids is 1. The maximum Gasteiger partial charge on any atom is 0.264 e. The highest BCUT2D eigenvalue weighted by atomic mass is 127. The number of amidine groups is 1. The number of benzene rings is 3. The Morgan fingerprint density at radius 2 is 1.82 bits per heavy atom. The number of hydrogen-bond acceptors (Lipinski definition) is 5. The maximum atomic E-state index is 13.2. The number of nitrogens with one attached hydrogen (secondary N) is 1. The lowest BCUT2D eigenvalue weighted by molar-refractivity contribution is -0.115. The molecule has 1 fully saturated rings. The van der Waals surface area contributed by atoms with E-state index in [-0.39, 0.29) is 18.3 Å². The Bertz CT molecular complexity index is 1260. The van der Waals surface area contributed by atoms with Gasteiger partial charge in [-0.1, -0.05) is 29.8 Å². The van der Waals surface area contributed by atoms with Gasteiger partial charge in [0.15, 0.2) is 16.7 Å². The van der Waals surface area contributed by atoms with Gasteiger partial charge in [0, 0.05) is 0 Å². The molecule has 0 saturated carbocycles. The zero-order valence-electron chi connectivity index (χ0n) is 18.6. The van der Waals surface area contributed by atoms with Gasteiger partial charge >= 0.3 is 0 Å². The van der Waals surface area contributed by atoms with Crippen molar-refractivity contribution in [1.82, 2.24) is 5.32 Å². The fourth-order valence-electron chi connectivity index (χ4n) is 3.18. The number of rotatable bonds is 7. The second kappa shape index (κ2) is 11.1. The molecule has 0 bridgehead atoms. The van der Waals surface area contributed by atoms with Crippen LogP contribution in [0.25, 0.3) is 6.08 Å². The Morgan fingerprint density at radius 1 is 1.09 bits per heavy atom. The molecule has 8 heteroatoms. The lowest BCUT2D eigenvalue weighted by atomic mass is 10.1. The van der Waals surface area contributed by atoms with Crippen LogP contribution in [0.3, 0.4) is 0 Å². The Hall–Kier alpha value is -2.85. The number of aryl methyl sites for hydroxylation is 1. The van der Waals surface area contributed by atoms with Gasteiger partial charge < -0.3 is 14.8 Å². The van der Waals surface area contributed by atoms with Crippen LogP contribution in [0.4, 0.5) is 10.1 Å². The molecule has 1 aliphatic heterocycles. The molecule has 1 amide bonds. The summed E-state index contributed by atoms with van der Waals surface area (Å²) >= 11 is 3.48. The van der Waals surface area contributed by atoms with E-state index in [2.05, 4.69) is 32.9 Å². The zero-order valence-corrected chi connectivity index (χ0v) is 21.6. The Kier molecular flexibility index (Phi) is 7.89. The minimum atomic E-state index is -0.286. The molecule has 0 aromatic heterocycles. The summed E-state index contributed by atoms with van der Waals surface area (Å²) in [5, 5.41) is 3.36. The van der Waals surface area contributed by atoms with Crippen molar-refractivity contribution in [3.63, 3.8) is 0 Å². The number of hydrogen-bond donors (Lipinski definition) is 1. The van der Waals surface area contributed by atoms with Crippen molar-refractivity contribution in [3.05, 3.63) is 91.6 Å². The first kappa shape index (κ1) is 24.3. The van der Waals surface area contributed by atoms with Gasteiger partial charge in [-0.25, -0.2) is 9.38 Å². The summed E-state index contributed by atoms with van der Waals surface area (Å²) in [6.07, 6.45) is 1.81. The molecule has 0 unspecified atom stereocenters. The fraction of sp³-hybridized carbons (Fsp3) is 0.154. The largest absolute Gasteiger partial charge is 0.490 e. The molecule has 1 saturated heterocycles. The zero-order chi connectivity index (χ0) is 24.1. The first-order chi connectivity index (χ1) is 16.4. The van der Waals surface area contributed by atoms with E-state index in [4.69, 9.17) is 9.47 Å². The smallest absolute Gasteiger partial charge is 0.264 e. The van der Waals surface area contributed by atoms with Crippen LogP contribution in [0.15, 0.2) is 70.6 Å². The molecule has 1 heterocycles. The standard InChI is InChI=1S/C26H22FIN2O3S/c1-3-32-22-13-18(12-21(28)24(22)33-15-17-6-8-19(27)9-7-17)14-23-25(31)30-26(34-23)29-20-10-4-16(2)5-11-20/h4-14H,3,15H2,1-2H3,(H,29,30,31)/b23-14-. The molecule has 0 radical (unpaired) electrons. The predicted molar refractivity (Wildman–Crippen MR) is 143 cm³/mol. The Labute approximate surface area is 215 Å². The molecule has 4 rings (SSSR count). The molecule has 34 heavy (non-hydrogen) atoms. The number of thioether (sulfide) groups is 1. The molecule has 5 nitrogen and oxygen atoms in total. The third kappa shape index (κ3) is 6.18. The minimum Gasteiger partial charge on any atom is -0.490 e. The average molecular weight is 588 g/mol. The van der Waals surface area contributed by atoms with E-state index in [9.17, 15) is 9.18 Å².